The molecular formula is C22H19F7N4O3S. The average Bonchev–Trinajstić information content (AvgIpc) is 3.24. The van der Waals surface area contributed by atoms with E-state index < -0.39 is 69.7 Å². The maximum absolute atomic E-state index is 15.1. The van der Waals surface area contributed by atoms with Crippen LogP contribution in [0.25, 0.3) is 10.6 Å². The third kappa shape index (κ3) is 4.14. The molecule has 15 heteroatoms. The summed E-state index contributed by atoms with van der Waals surface area (Å²) in [5.74, 6) is -7.26. The Morgan fingerprint density at radius 2 is 1.78 bits per heavy atom. The van der Waals surface area contributed by atoms with Crippen LogP contribution in [0.15, 0.2) is 18.2 Å². The number of hydrogen-bond acceptors (Lipinski definition) is 6. The SMILES string of the molecule is O=C(Nc1nnc(-c2ccc([N+](=O)[O-])cc2F)s1)C12CC3CC(C1)CC(C(F)(F)C(F)C(F)(F)F)(C3)C2. The standard InChI is InChI=1S/C22H19F7N4O3S/c23-14-4-12(33(35)36)1-2-13(14)15-31-32-18(37-15)30-17(34)19-5-10-3-11(6-19)8-20(7-10,9-19)21(25,26)16(24)22(27,28)29/h1-2,4,10-11,16H,3,5-9H2,(H,30,32,34). The van der Waals surface area contributed by atoms with Crippen molar-refractivity contribution in [1.82, 2.24) is 10.2 Å². The van der Waals surface area contributed by atoms with Gasteiger partial charge in [0.1, 0.15) is 5.82 Å². The van der Waals surface area contributed by atoms with Crippen LogP contribution in [-0.4, -0.2) is 39.3 Å². The van der Waals surface area contributed by atoms with Crippen molar-refractivity contribution in [3.63, 3.8) is 0 Å². The fourth-order valence-electron chi connectivity index (χ4n) is 6.80. The van der Waals surface area contributed by atoms with Crippen LogP contribution in [0.5, 0.6) is 0 Å². The van der Waals surface area contributed by atoms with Crippen LogP contribution < -0.4 is 5.32 Å². The molecule has 37 heavy (non-hydrogen) atoms. The number of alkyl halides is 6. The number of benzene rings is 1. The van der Waals surface area contributed by atoms with Gasteiger partial charge in [-0.2, -0.15) is 13.2 Å². The first kappa shape index (κ1) is 25.8. The molecule has 4 fully saturated rings. The summed E-state index contributed by atoms with van der Waals surface area (Å²) in [5.41, 5.74) is -4.31. The van der Waals surface area contributed by atoms with Crippen molar-refractivity contribution < 1.29 is 40.5 Å². The van der Waals surface area contributed by atoms with Crippen LogP contribution in [0.1, 0.15) is 38.5 Å². The molecule has 7 nitrogen and oxygen atoms in total. The van der Waals surface area contributed by atoms with Crippen LogP contribution >= 0.6 is 11.3 Å². The molecule has 1 N–H and O–H groups in total. The number of non-ortho nitro benzene ring substituents is 1. The summed E-state index contributed by atoms with van der Waals surface area (Å²) < 4.78 is 97.6. The minimum Gasteiger partial charge on any atom is -0.300 e. The van der Waals surface area contributed by atoms with Crippen molar-refractivity contribution >= 4 is 28.1 Å². The van der Waals surface area contributed by atoms with Crippen LogP contribution in [0.3, 0.4) is 0 Å². The molecule has 3 unspecified atom stereocenters. The Hall–Kier alpha value is -2.84. The Kier molecular flexibility index (Phi) is 5.81. The van der Waals surface area contributed by atoms with E-state index in [1.807, 2.05) is 0 Å². The predicted octanol–water partition coefficient (Wildman–Crippen LogP) is 6.31. The number of amides is 1. The number of halogens is 7. The summed E-state index contributed by atoms with van der Waals surface area (Å²) >= 11 is 0.739. The lowest BCUT2D eigenvalue weighted by molar-refractivity contribution is -0.385. The average molecular weight is 552 g/mol. The van der Waals surface area contributed by atoms with E-state index in [2.05, 4.69) is 15.5 Å². The van der Waals surface area contributed by atoms with Gasteiger partial charge in [-0.3, -0.25) is 14.9 Å². The zero-order chi connectivity index (χ0) is 27.0. The molecule has 1 amide bonds. The zero-order valence-electron chi connectivity index (χ0n) is 18.8. The first-order chi connectivity index (χ1) is 17.2. The largest absolute Gasteiger partial charge is 0.425 e. The lowest BCUT2D eigenvalue weighted by Crippen LogP contribution is -2.65. The summed E-state index contributed by atoms with van der Waals surface area (Å²) in [6.07, 6.45) is -10.4. The van der Waals surface area contributed by atoms with Crippen molar-refractivity contribution in [2.45, 2.75) is 56.8 Å². The highest BCUT2D eigenvalue weighted by molar-refractivity contribution is 7.18. The lowest BCUT2D eigenvalue weighted by Gasteiger charge is -2.63. The molecule has 0 radical (unpaired) electrons. The van der Waals surface area contributed by atoms with E-state index in [0.717, 1.165) is 23.5 Å². The molecule has 1 aromatic heterocycles. The topological polar surface area (TPSA) is 98.0 Å². The molecule has 3 atom stereocenters. The number of carbonyl (C=O) groups is 1. The summed E-state index contributed by atoms with van der Waals surface area (Å²) in [6.45, 7) is 0. The van der Waals surface area contributed by atoms with Crippen molar-refractivity contribution in [1.29, 1.82) is 0 Å². The molecule has 2 aromatic rings. The molecule has 0 saturated heterocycles. The number of nitro benzene ring substituents is 1. The van der Waals surface area contributed by atoms with Gasteiger partial charge in [-0.15, -0.1) is 10.2 Å². The van der Waals surface area contributed by atoms with Crippen LogP contribution in [-0.2, 0) is 4.79 Å². The maximum atomic E-state index is 15.1. The number of hydrogen-bond donors (Lipinski definition) is 1. The highest BCUT2D eigenvalue weighted by Gasteiger charge is 2.73. The van der Waals surface area contributed by atoms with Crippen LogP contribution in [0, 0.1) is 38.6 Å². The Bertz CT molecular complexity index is 1250. The van der Waals surface area contributed by atoms with E-state index in [-0.39, 0.29) is 41.4 Å². The third-order valence-corrected chi connectivity index (χ3v) is 8.77. The van der Waals surface area contributed by atoms with E-state index in [4.69, 9.17) is 0 Å². The molecule has 0 aliphatic heterocycles. The van der Waals surface area contributed by atoms with E-state index in [1.54, 1.807) is 0 Å². The molecule has 200 valence electrons. The van der Waals surface area contributed by atoms with Gasteiger partial charge in [-0.1, -0.05) is 11.3 Å². The molecule has 4 bridgehead atoms. The number of nitrogens with zero attached hydrogens (tertiary/aromatic N) is 3. The normalized spacial score (nSPS) is 29.8. The highest BCUT2D eigenvalue weighted by Crippen LogP contribution is 2.70. The van der Waals surface area contributed by atoms with Crippen LogP contribution in [0.4, 0.5) is 41.6 Å². The molecule has 0 spiro atoms. The first-order valence-electron chi connectivity index (χ1n) is 11.3. The molecular weight excluding hydrogens is 533 g/mol. The van der Waals surface area contributed by atoms with Gasteiger partial charge >= 0.3 is 6.18 Å². The Labute approximate surface area is 208 Å². The van der Waals surface area contributed by atoms with Gasteiger partial charge < -0.3 is 5.32 Å². The predicted molar refractivity (Wildman–Crippen MR) is 116 cm³/mol. The van der Waals surface area contributed by atoms with Gasteiger partial charge in [-0.05, 0) is 56.4 Å². The minimum atomic E-state index is -5.74. The fraction of sp³-hybridized carbons (Fsp3) is 0.591. The first-order valence-corrected chi connectivity index (χ1v) is 12.2. The van der Waals surface area contributed by atoms with Crippen molar-refractivity contribution in [3.8, 4) is 10.6 Å². The van der Waals surface area contributed by atoms with Crippen molar-refractivity contribution in [3.05, 3.63) is 34.1 Å². The molecule has 4 saturated carbocycles. The number of aromatic nitrogens is 2. The lowest BCUT2D eigenvalue weighted by atomic mass is 9.42. The summed E-state index contributed by atoms with van der Waals surface area (Å²) in [4.78, 5) is 23.4. The second kappa shape index (κ2) is 8.33. The second-order valence-corrected chi connectivity index (χ2v) is 11.3. The minimum absolute atomic E-state index is 0.0124. The fourth-order valence-corrected chi connectivity index (χ4v) is 7.56. The number of rotatable bonds is 6. The second-order valence-electron chi connectivity index (χ2n) is 10.3. The zero-order valence-corrected chi connectivity index (χ0v) is 19.6. The van der Waals surface area contributed by atoms with E-state index in [9.17, 15) is 36.9 Å². The summed E-state index contributed by atoms with van der Waals surface area (Å²) in [5, 5.41) is 20.7. The van der Waals surface area contributed by atoms with Gasteiger partial charge in [0.25, 0.3) is 17.8 Å². The Morgan fingerprint density at radius 3 is 2.35 bits per heavy atom. The molecule has 1 heterocycles. The molecule has 6 rings (SSSR count). The smallest absolute Gasteiger partial charge is 0.300 e. The third-order valence-electron chi connectivity index (χ3n) is 7.89. The Balaban J connectivity index is 1.39. The molecule has 1 aromatic carbocycles. The highest BCUT2D eigenvalue weighted by atomic mass is 32.1. The van der Waals surface area contributed by atoms with Gasteiger partial charge in [0.2, 0.25) is 11.0 Å². The number of carbonyl (C=O) groups excluding carboxylic acids is 1. The molecule has 4 aliphatic rings. The van der Waals surface area contributed by atoms with Crippen LogP contribution in [0.2, 0.25) is 0 Å². The Morgan fingerprint density at radius 1 is 1.14 bits per heavy atom. The van der Waals surface area contributed by atoms with Gasteiger partial charge in [0.05, 0.1) is 16.4 Å². The van der Waals surface area contributed by atoms with E-state index in [1.165, 1.54) is 0 Å². The summed E-state index contributed by atoms with van der Waals surface area (Å²) in [7, 11) is 0. The van der Waals surface area contributed by atoms with Gasteiger partial charge in [0, 0.05) is 17.0 Å². The number of anilines is 1. The monoisotopic (exact) mass is 552 g/mol. The number of nitro groups is 1. The van der Waals surface area contributed by atoms with Crippen molar-refractivity contribution in [2.24, 2.45) is 22.7 Å². The molecule has 4 aliphatic carbocycles. The van der Waals surface area contributed by atoms with E-state index >= 15 is 8.78 Å². The van der Waals surface area contributed by atoms with E-state index in [0.29, 0.717) is 12.5 Å². The number of nitrogens with one attached hydrogen (secondary N) is 1. The van der Waals surface area contributed by atoms with Gasteiger partial charge in [-0.25, -0.2) is 17.6 Å². The quantitative estimate of drug-likeness (QED) is 0.257. The van der Waals surface area contributed by atoms with Crippen molar-refractivity contribution in [2.75, 3.05) is 5.32 Å². The maximum Gasteiger partial charge on any atom is 0.425 e. The van der Waals surface area contributed by atoms with Gasteiger partial charge in [0.15, 0.2) is 5.01 Å². The summed E-state index contributed by atoms with van der Waals surface area (Å²) in [6, 6.07) is 2.88.